The van der Waals surface area contributed by atoms with E-state index in [0.717, 1.165) is 6.54 Å². The molecular weight excluding hydrogens is 416 g/mol. The predicted octanol–water partition coefficient (Wildman–Crippen LogP) is 2.76. The second-order valence-corrected chi connectivity index (χ2v) is 9.89. The van der Waals surface area contributed by atoms with Gasteiger partial charge in [0.1, 0.15) is 5.71 Å². The van der Waals surface area contributed by atoms with Crippen LogP contribution in [0, 0.1) is 0 Å². The molecule has 9 heteroatoms. The van der Waals surface area contributed by atoms with Crippen LogP contribution in [0.15, 0.2) is 52.4 Å². The van der Waals surface area contributed by atoms with Crippen LogP contribution in [0.2, 0.25) is 0 Å². The van der Waals surface area contributed by atoms with Crippen molar-refractivity contribution in [1.82, 2.24) is 14.2 Å². The third-order valence-electron chi connectivity index (χ3n) is 5.37. The number of aromatic nitrogens is 1. The molecule has 0 amide bonds. The zero-order valence-electron chi connectivity index (χ0n) is 17.6. The van der Waals surface area contributed by atoms with E-state index in [0.29, 0.717) is 35.1 Å². The van der Waals surface area contributed by atoms with Crippen LogP contribution in [-0.4, -0.2) is 73.4 Å². The molecule has 0 fully saturated rings. The number of aromatic amines is 1. The lowest BCUT2D eigenvalue weighted by Crippen LogP contribution is -2.29. The Kier molecular flexibility index (Phi) is 5.42. The van der Waals surface area contributed by atoms with Crippen LogP contribution in [0.4, 0.5) is 5.69 Å². The van der Waals surface area contributed by atoms with Crippen LogP contribution in [0.1, 0.15) is 22.3 Å². The molecule has 162 valence electrons. The van der Waals surface area contributed by atoms with Gasteiger partial charge in [0.2, 0.25) is 15.8 Å². The van der Waals surface area contributed by atoms with Gasteiger partial charge in [-0.2, -0.15) is 0 Å². The van der Waals surface area contributed by atoms with Gasteiger partial charge in [-0.1, -0.05) is 12.1 Å². The van der Waals surface area contributed by atoms with Crippen molar-refractivity contribution >= 4 is 38.1 Å². The summed E-state index contributed by atoms with van der Waals surface area (Å²) < 4.78 is 27.5. The van der Waals surface area contributed by atoms with E-state index in [1.54, 1.807) is 37.4 Å². The topological polar surface area (TPSA) is 106 Å². The van der Waals surface area contributed by atoms with Crippen LogP contribution in [0.5, 0.6) is 5.88 Å². The van der Waals surface area contributed by atoms with E-state index in [4.69, 9.17) is 0 Å². The number of sulfonamides is 1. The number of hydrogen-bond donors (Lipinski definition) is 2. The summed E-state index contributed by atoms with van der Waals surface area (Å²) in [4.78, 5) is 22.2. The number of rotatable bonds is 7. The van der Waals surface area contributed by atoms with Crippen molar-refractivity contribution < 1.29 is 18.3 Å². The molecule has 0 atom stereocenters. The number of benzene rings is 2. The Morgan fingerprint density at radius 1 is 1.06 bits per heavy atom. The largest absolute Gasteiger partial charge is 0.494 e. The first-order valence-electron chi connectivity index (χ1n) is 9.88. The fraction of sp³-hybridized carbons (Fsp3) is 0.273. The fourth-order valence-electron chi connectivity index (χ4n) is 3.70. The highest BCUT2D eigenvalue weighted by Gasteiger charge is 2.31. The Hall–Kier alpha value is -3.01. The number of hydrogen-bond acceptors (Lipinski definition) is 6. The number of carbonyl (C=O) groups excluding carboxylic acids is 1. The molecule has 0 radical (unpaired) electrons. The van der Waals surface area contributed by atoms with Crippen molar-refractivity contribution in [3.63, 3.8) is 0 Å². The summed E-state index contributed by atoms with van der Waals surface area (Å²) >= 11 is 0. The van der Waals surface area contributed by atoms with Crippen LogP contribution in [0.3, 0.4) is 0 Å². The summed E-state index contributed by atoms with van der Waals surface area (Å²) in [6.07, 6.45) is 0.699. The minimum atomic E-state index is -3.73. The Labute approximate surface area is 180 Å². The van der Waals surface area contributed by atoms with Crippen LogP contribution >= 0.6 is 0 Å². The monoisotopic (exact) mass is 440 g/mol. The number of H-pyrrole nitrogens is 1. The summed E-state index contributed by atoms with van der Waals surface area (Å²) in [5.41, 5.74) is 1.81. The number of nitrogens with one attached hydrogen (secondary N) is 1. The fourth-order valence-corrected chi connectivity index (χ4v) is 4.93. The van der Waals surface area contributed by atoms with Crippen molar-refractivity contribution in [3.8, 4) is 5.88 Å². The van der Waals surface area contributed by atoms with Crippen molar-refractivity contribution in [2.24, 2.45) is 4.99 Å². The molecule has 1 aliphatic rings. The quantitative estimate of drug-likeness (QED) is 0.588. The number of nitrogens with zero attached hydrogens (tertiary/aromatic N) is 3. The van der Waals surface area contributed by atoms with Gasteiger partial charge in [0, 0.05) is 30.1 Å². The summed E-state index contributed by atoms with van der Waals surface area (Å²) in [6.45, 7) is 1.15. The first kappa shape index (κ1) is 21.2. The van der Waals surface area contributed by atoms with Gasteiger partial charge >= 0.3 is 0 Å². The number of ketones is 1. The predicted molar refractivity (Wildman–Crippen MR) is 120 cm³/mol. The van der Waals surface area contributed by atoms with Gasteiger partial charge in [-0.05, 0) is 57.4 Å². The lowest BCUT2D eigenvalue weighted by atomic mass is 10.0. The van der Waals surface area contributed by atoms with Gasteiger partial charge < -0.3 is 15.0 Å². The number of aromatic hydroxyl groups is 1. The first-order valence-corrected chi connectivity index (χ1v) is 11.3. The van der Waals surface area contributed by atoms with E-state index >= 15 is 0 Å². The molecule has 0 unspecified atom stereocenters. The third kappa shape index (κ3) is 3.76. The number of para-hydroxylation sites is 1. The minimum Gasteiger partial charge on any atom is -0.494 e. The van der Waals surface area contributed by atoms with Gasteiger partial charge in [-0.25, -0.2) is 17.7 Å². The Balaban J connectivity index is 1.73. The second-order valence-electron chi connectivity index (χ2n) is 7.85. The molecule has 0 aliphatic carbocycles. The zero-order chi connectivity index (χ0) is 22.3. The zero-order valence-corrected chi connectivity index (χ0v) is 18.4. The van der Waals surface area contributed by atoms with E-state index in [1.807, 2.05) is 19.0 Å². The Morgan fingerprint density at radius 3 is 2.52 bits per heavy atom. The minimum absolute atomic E-state index is 0.0937. The highest BCUT2D eigenvalue weighted by Crippen LogP contribution is 2.36. The highest BCUT2D eigenvalue weighted by molar-refractivity contribution is 7.89. The molecule has 0 bridgehead atoms. The van der Waals surface area contributed by atoms with Gasteiger partial charge in [0.25, 0.3) is 0 Å². The van der Waals surface area contributed by atoms with Crippen LogP contribution in [0.25, 0.3) is 10.9 Å². The molecule has 0 spiro atoms. The molecule has 8 nitrogen and oxygen atoms in total. The van der Waals surface area contributed by atoms with Gasteiger partial charge in [-0.15, -0.1) is 0 Å². The standard InChI is InChI=1S/C22H24N4O4S/c1-25(2)11-6-12-26(3)31(29,30)14-9-10-18-16(13-14)19(22(28)24-18)20-21(27)15-7-4-5-8-17(15)23-20/h4-5,7-10,13,24,28H,6,11-12H2,1-3H3. The average Bonchev–Trinajstić information content (AvgIpc) is 3.22. The molecule has 31 heavy (non-hydrogen) atoms. The molecule has 1 aliphatic heterocycles. The summed E-state index contributed by atoms with van der Waals surface area (Å²) in [6, 6.07) is 11.5. The average molecular weight is 441 g/mol. The van der Waals surface area contributed by atoms with Crippen molar-refractivity contribution in [1.29, 1.82) is 0 Å². The van der Waals surface area contributed by atoms with Gasteiger partial charge in [0.15, 0.2) is 5.88 Å². The normalized spacial score (nSPS) is 14.0. The SMILES string of the molecule is CN(C)CCCN(C)S(=O)(=O)c1ccc2[nH]c(O)c(C3=Nc4ccccc4C3=O)c2c1. The first-order chi connectivity index (χ1) is 14.7. The molecule has 4 rings (SSSR count). The van der Waals surface area contributed by atoms with Crippen LogP contribution in [-0.2, 0) is 10.0 Å². The Bertz CT molecular complexity index is 1310. The van der Waals surface area contributed by atoms with Crippen molar-refractivity contribution in [2.75, 3.05) is 34.2 Å². The number of carbonyl (C=O) groups is 1. The summed E-state index contributed by atoms with van der Waals surface area (Å²) in [5.74, 6) is -0.523. The molecular formula is C22H24N4O4S. The van der Waals surface area contributed by atoms with E-state index in [2.05, 4.69) is 9.98 Å². The molecule has 2 aromatic carbocycles. The molecule has 0 saturated heterocycles. The number of aliphatic imine (C=N–C) groups is 1. The van der Waals surface area contributed by atoms with E-state index in [-0.39, 0.29) is 27.8 Å². The smallest absolute Gasteiger partial charge is 0.242 e. The number of fused-ring (bicyclic) bond motifs is 2. The second kappa shape index (κ2) is 7.92. The lowest BCUT2D eigenvalue weighted by molar-refractivity contribution is 0.107. The summed E-state index contributed by atoms with van der Waals surface area (Å²) in [5, 5.41) is 10.9. The molecule has 0 saturated carbocycles. The van der Waals surface area contributed by atoms with Gasteiger partial charge in [0.05, 0.1) is 16.1 Å². The highest BCUT2D eigenvalue weighted by atomic mass is 32.2. The van der Waals surface area contributed by atoms with E-state index in [9.17, 15) is 18.3 Å². The maximum atomic E-state index is 13.1. The molecule has 1 aromatic heterocycles. The molecule has 2 heterocycles. The number of Topliss-reactive ketones (excluding diaryl/α,β-unsaturated/α-hetero) is 1. The third-order valence-corrected chi connectivity index (χ3v) is 7.22. The molecule has 3 aromatic rings. The summed E-state index contributed by atoms with van der Waals surface area (Å²) in [7, 11) is 1.69. The molecule has 2 N–H and O–H groups in total. The van der Waals surface area contributed by atoms with Crippen molar-refractivity contribution in [3.05, 3.63) is 53.6 Å². The van der Waals surface area contributed by atoms with E-state index in [1.165, 1.54) is 16.4 Å². The maximum absolute atomic E-state index is 13.1. The van der Waals surface area contributed by atoms with Crippen molar-refractivity contribution in [2.45, 2.75) is 11.3 Å². The Morgan fingerprint density at radius 2 is 1.81 bits per heavy atom. The maximum Gasteiger partial charge on any atom is 0.242 e. The van der Waals surface area contributed by atoms with Gasteiger partial charge in [-0.3, -0.25) is 4.79 Å². The lowest BCUT2D eigenvalue weighted by Gasteiger charge is -2.18. The van der Waals surface area contributed by atoms with Crippen LogP contribution < -0.4 is 0 Å². The van der Waals surface area contributed by atoms with E-state index < -0.39 is 10.0 Å².